The molecule has 0 unspecified atom stereocenters. The lowest BCUT2D eigenvalue weighted by Gasteiger charge is -2.19. The minimum absolute atomic E-state index is 0.0154. The normalized spacial score (nSPS) is 15.4. The van der Waals surface area contributed by atoms with Crippen molar-refractivity contribution in [2.45, 2.75) is 13.1 Å². The summed E-state index contributed by atoms with van der Waals surface area (Å²) < 4.78 is 323. The molecule has 26 aromatic rings. The summed E-state index contributed by atoms with van der Waals surface area (Å²) in [6.07, 6.45) is 0. The number of hydrogen-bond acceptors (Lipinski definition) is 11. The van der Waals surface area contributed by atoms with Gasteiger partial charge in [0.25, 0.3) is 0 Å². The molecule has 5 aromatic heterocycles. The van der Waals surface area contributed by atoms with Crippen LogP contribution in [0.25, 0.3) is 256 Å². The lowest BCUT2D eigenvalue weighted by molar-refractivity contribution is 0.670. The van der Waals surface area contributed by atoms with E-state index in [1.807, 2.05) is 267 Å². The van der Waals surface area contributed by atoms with E-state index in [2.05, 4.69) is 15.0 Å². The smallest absolute Gasteiger partial charge is 0.164 e. The van der Waals surface area contributed by atoms with E-state index < -0.39 is 221 Å². The molecule has 141 heavy (non-hydrogen) atoms. The molecule has 11 nitrogen and oxygen atoms in total. The van der Waals surface area contributed by atoms with Crippen molar-refractivity contribution in [3.63, 3.8) is 0 Å². The Balaban J connectivity index is 0.000000132. The Bertz CT molecular complexity index is 11600. The molecule has 0 spiro atoms. The van der Waals surface area contributed by atoms with Gasteiger partial charge in [-0.2, -0.15) is 0 Å². The lowest BCUT2D eigenvalue weighted by atomic mass is 9.91. The molecular weight excluding hydrogens is 1740 g/mol. The predicted octanol–water partition coefficient (Wildman–Crippen LogP) is 32.2. The van der Waals surface area contributed by atoms with Gasteiger partial charge in [0.05, 0.1) is 48.0 Å². The zero-order chi connectivity index (χ0) is 124. The molecule has 1 aliphatic heterocycles. The van der Waals surface area contributed by atoms with Crippen LogP contribution in [0.15, 0.2) is 487 Å². The summed E-state index contributed by atoms with van der Waals surface area (Å²) in [5, 5.41) is 4.93. The SMILES string of the molecule is [2H]c1c([2H])c([2H])c(-c2nc(-c3c([2H])c([2H])c(-c4c([2H])c([2H])c5c([2H])c([2H])c([2H])c([2H])c5c4[2H])c([2H])c3[2H])nc(-c3c([2H])c([2H])c4c(c3[2H])[Si](C)(C)c3c([2H])c([2H])c([2H])c([2H])c3-4)n2)c([2H])c1[2H].[2H]c1c([2H])c([2H])c2c(-c3cccc4ccc5c6ccccc6oc5c34)c([2H])c([2H])c(-c3nc(-c4ccccc4)nc(-c4ccc(-c5ccccc5)cc4)n3)c2c1[2H].[2H]c1c([2H])c([2H])c2c(oc3c(-c4ccc5ccccc5c4)c([2H])c([2H])c(-c4nc(-c5ccccc5)nc(-c5ccc(-c6ccccc6)cc5)n4)c32)c1[2H]. The first-order valence-corrected chi connectivity index (χ1v) is 47.7. The minimum Gasteiger partial charge on any atom is -0.455 e. The van der Waals surface area contributed by atoms with E-state index >= 15 is 0 Å². The largest absolute Gasteiger partial charge is 0.455 e. The van der Waals surface area contributed by atoms with Crippen molar-refractivity contribution in [2.24, 2.45) is 0 Å². The van der Waals surface area contributed by atoms with Crippen molar-refractivity contribution < 1.29 is 56.8 Å². The number of nitrogens with zero attached hydrogens (tertiary/aromatic N) is 9. The highest BCUT2D eigenvalue weighted by Crippen LogP contribution is 2.47. The van der Waals surface area contributed by atoms with Crippen molar-refractivity contribution in [3.8, 4) is 169 Å². The van der Waals surface area contributed by atoms with Crippen LogP contribution in [0.4, 0.5) is 0 Å². The average Bonchev–Trinajstić information content (AvgIpc) is 1.54. The Kier molecular flexibility index (Phi) is 14.0. The van der Waals surface area contributed by atoms with Crippen molar-refractivity contribution in [2.75, 3.05) is 0 Å². The van der Waals surface area contributed by atoms with E-state index in [9.17, 15) is 15.1 Å². The number of benzene rings is 21. The third-order valence-corrected chi connectivity index (χ3v) is 27.8. The van der Waals surface area contributed by atoms with Crippen LogP contribution in [0.3, 0.4) is 0 Å². The third-order valence-electron chi connectivity index (χ3n) is 24.5. The zero-order valence-corrected chi connectivity index (χ0v) is 75.2. The second-order valence-electron chi connectivity index (χ2n) is 33.4. The molecule has 6 heterocycles. The highest BCUT2D eigenvalue weighted by Gasteiger charge is 2.38. The summed E-state index contributed by atoms with van der Waals surface area (Å²) >= 11 is 0. The van der Waals surface area contributed by atoms with E-state index in [4.69, 9.17) is 71.6 Å². The van der Waals surface area contributed by atoms with Gasteiger partial charge < -0.3 is 8.83 Å². The fourth-order valence-electron chi connectivity index (χ4n) is 17.6. The van der Waals surface area contributed by atoms with Crippen LogP contribution in [0.1, 0.15) is 48.0 Å². The molecule has 12 heteroatoms. The van der Waals surface area contributed by atoms with Crippen LogP contribution in [0, 0.1) is 0 Å². The molecule has 0 saturated carbocycles. The van der Waals surface area contributed by atoms with Gasteiger partial charge in [0.15, 0.2) is 52.4 Å². The molecule has 0 atom stereocenters. The number of fused-ring (bicyclic) bond motifs is 14. The van der Waals surface area contributed by atoms with E-state index in [0.717, 1.165) is 49.2 Å². The maximum absolute atomic E-state index is 9.69. The molecule has 0 saturated heterocycles. The van der Waals surface area contributed by atoms with Crippen LogP contribution >= 0.6 is 0 Å². The van der Waals surface area contributed by atoms with Crippen LogP contribution in [0.2, 0.25) is 13.1 Å². The number of furan rings is 2. The first-order chi connectivity index (χ1) is 84.2. The first-order valence-electron chi connectivity index (χ1n) is 62.2. The van der Waals surface area contributed by atoms with Gasteiger partial charge in [0.1, 0.15) is 30.4 Å². The maximum Gasteiger partial charge on any atom is 0.164 e. The van der Waals surface area contributed by atoms with Crippen molar-refractivity contribution >= 4 is 105 Å². The Morgan fingerprint density at radius 1 is 0.191 bits per heavy atom. The van der Waals surface area contributed by atoms with E-state index in [-0.39, 0.29) is 137 Å². The molecule has 0 fully saturated rings. The van der Waals surface area contributed by atoms with Gasteiger partial charge in [-0.15, -0.1) is 0 Å². The topological polar surface area (TPSA) is 142 Å². The second kappa shape index (κ2) is 36.0. The quantitative estimate of drug-likeness (QED) is 0.0960. The lowest BCUT2D eigenvalue weighted by Crippen LogP contribution is -2.49. The standard InChI is InChI=1S/C47H29N3O.C43H27N3O.C39H29N3Si/c1-3-12-30(13-4-1)31-22-24-34(25-23-31)46-48-45(33-14-5-2-6-15-33)49-47(50-46)41-29-28-37(35-17-7-8-18-36(35)41)39-20-11-16-32-26-27-40-38-19-9-10-21-42(38)51-44(40)43(32)39;1-3-11-28(12-4-1)30-19-22-32(23-20-30)42-44-41(31-14-5-2-6-15-31)45-43(46-42)37-26-25-35(34-24-21-29-13-7-8-16-33(29)27-34)40-39(37)36-17-9-10-18-38(36)47-40;1-43(2)35-15-9-8-14-33(35)34-23-22-32(25-36(34)43)39-41-37(28-11-4-3-5-12-28)40-38(42-39)29-19-16-27(17-20-29)31-21-18-26-10-6-7-13-30(26)24-31/h1-29H;1-27H;3-25H,1-2H3/i7D,8D,17D,18D,28D,29D;9D,10D,17D,18D,25D,26D;3D,4D,5D,6D,7D,8D,9D,10D,11D,12D,13D,14D,15D,16D,17D,18D,19D,20D,21D,22D,23D,24D,25D. The van der Waals surface area contributed by atoms with E-state index in [1.54, 1.807) is 13.1 Å². The first kappa shape index (κ1) is 54.9. The number of hydrogen-bond donors (Lipinski definition) is 0. The Labute approximate surface area is 864 Å². The second-order valence-corrected chi connectivity index (χ2v) is 37.7. The van der Waals surface area contributed by atoms with Crippen LogP contribution in [0.5, 0.6) is 0 Å². The summed E-state index contributed by atoms with van der Waals surface area (Å²) in [7, 11) is -3.38. The molecule has 0 radical (unpaired) electrons. The summed E-state index contributed by atoms with van der Waals surface area (Å²) in [6, 6.07) is 64.0. The molecule has 0 aliphatic carbocycles. The molecular formula is C129H85N9O2Si. The molecule has 0 bridgehead atoms. The summed E-state index contributed by atoms with van der Waals surface area (Å²) in [5.74, 6) is -0.765. The van der Waals surface area contributed by atoms with Crippen molar-refractivity contribution in [3.05, 3.63) is 478 Å². The summed E-state index contributed by atoms with van der Waals surface area (Å²) in [5.41, 5.74) is 6.61. The summed E-state index contributed by atoms with van der Waals surface area (Å²) in [6.45, 7) is 3.37. The van der Waals surface area contributed by atoms with Gasteiger partial charge in [-0.3, -0.25) is 0 Å². The van der Waals surface area contributed by atoms with E-state index in [1.165, 1.54) is 0 Å². The van der Waals surface area contributed by atoms with Gasteiger partial charge in [-0.05, 0) is 158 Å². The van der Waals surface area contributed by atoms with Crippen LogP contribution in [-0.2, 0) is 0 Å². The number of aromatic nitrogens is 9. The van der Waals surface area contributed by atoms with Gasteiger partial charge in [0.2, 0.25) is 0 Å². The number of rotatable bonds is 14. The highest BCUT2D eigenvalue weighted by atomic mass is 28.3. The molecule has 0 N–H and O–H groups in total. The van der Waals surface area contributed by atoms with Gasteiger partial charge in [-0.1, -0.05) is 443 Å². The van der Waals surface area contributed by atoms with Gasteiger partial charge in [0, 0.05) is 82.6 Å². The summed E-state index contributed by atoms with van der Waals surface area (Å²) in [4.78, 5) is 42.3. The minimum atomic E-state index is -3.38. The molecule has 27 rings (SSSR count). The van der Waals surface area contributed by atoms with Crippen LogP contribution in [-0.4, -0.2) is 52.9 Å². The average molecular weight is 1860 g/mol. The predicted molar refractivity (Wildman–Crippen MR) is 582 cm³/mol. The molecule has 662 valence electrons. The van der Waals surface area contributed by atoms with Crippen LogP contribution < -0.4 is 10.4 Å². The zero-order valence-electron chi connectivity index (χ0n) is 109. The van der Waals surface area contributed by atoms with Crippen molar-refractivity contribution in [1.82, 2.24) is 44.9 Å². The molecule has 1 aliphatic rings. The van der Waals surface area contributed by atoms with Gasteiger partial charge >= 0.3 is 0 Å². The highest BCUT2D eigenvalue weighted by molar-refractivity contribution is 7.03. The maximum atomic E-state index is 9.69. The van der Waals surface area contributed by atoms with E-state index in [0.29, 0.717) is 78.8 Å². The fraction of sp³-hybridized carbons (Fsp3) is 0.0155. The molecule has 21 aromatic carbocycles. The van der Waals surface area contributed by atoms with Gasteiger partial charge in [-0.25, -0.2) is 44.9 Å². The Morgan fingerprint density at radius 3 is 1.28 bits per heavy atom. The third kappa shape index (κ3) is 16.0. The monoisotopic (exact) mass is 1850 g/mol. The Morgan fingerprint density at radius 2 is 0.617 bits per heavy atom. The number of para-hydroxylation sites is 2. The molecule has 0 amide bonds. The fourth-order valence-corrected chi connectivity index (χ4v) is 20.3. The Hall–Kier alpha value is -18.5. The van der Waals surface area contributed by atoms with Crippen molar-refractivity contribution in [1.29, 1.82) is 0 Å².